The van der Waals surface area contributed by atoms with Crippen LogP contribution in [0, 0.1) is 11.6 Å². The normalized spacial score (nSPS) is 18.5. The number of fused-ring (bicyclic) bond motifs is 1. The number of aromatic nitrogens is 3. The van der Waals surface area contributed by atoms with E-state index in [2.05, 4.69) is 14.8 Å². The number of hydrogen-bond acceptors (Lipinski definition) is 8. The molecule has 0 radical (unpaired) electrons. The summed E-state index contributed by atoms with van der Waals surface area (Å²) >= 11 is 0. The SMILES string of the molecule is Cn1cc(-c2cc(F)c(CN3CCC(OC4CCN(CCn5cccc(CN6CCC(=O)CC6=O)c5=O)CC4)CC3)c(F)c2)c2ccncc2c1=O. The van der Waals surface area contributed by atoms with Crippen LogP contribution in [0.4, 0.5) is 8.78 Å². The standard InChI is InChI=1S/C39H44F2N6O5/c1-43-24-33(31-4-10-42-22-32(31)39(43)51)27-19-35(40)34(36(41)20-27)25-45-14-8-30(9-15-45)52-29-6-12-44(13-7-29)17-18-46-11-2-3-26(38(46)50)23-47-16-5-28(48)21-37(47)49/h2-4,10-11,19-20,22,24,29-30H,5-9,12-18,21,23,25H2,1H3. The molecule has 3 saturated heterocycles. The van der Waals surface area contributed by atoms with E-state index in [1.165, 1.54) is 22.9 Å². The first-order chi connectivity index (χ1) is 25.1. The summed E-state index contributed by atoms with van der Waals surface area (Å²) in [4.78, 5) is 59.5. The third-order valence-corrected chi connectivity index (χ3v) is 10.8. The van der Waals surface area contributed by atoms with Crippen molar-refractivity contribution in [2.75, 3.05) is 39.3 Å². The highest BCUT2D eigenvalue weighted by molar-refractivity contribution is 6.00. The number of hydrogen-bond donors (Lipinski definition) is 0. The number of rotatable bonds is 10. The average Bonchev–Trinajstić information content (AvgIpc) is 3.14. The summed E-state index contributed by atoms with van der Waals surface area (Å²) in [5.74, 6) is -1.49. The molecule has 52 heavy (non-hydrogen) atoms. The van der Waals surface area contributed by atoms with Gasteiger partial charge < -0.3 is 23.7 Å². The van der Waals surface area contributed by atoms with E-state index in [0.717, 1.165) is 45.3 Å². The summed E-state index contributed by atoms with van der Waals surface area (Å²) in [5, 5.41) is 0.991. The molecule has 1 amide bonds. The molecule has 0 saturated carbocycles. The maximum absolute atomic E-state index is 15.4. The molecule has 0 bridgehead atoms. The lowest BCUT2D eigenvalue weighted by molar-refractivity contribution is -0.139. The zero-order valence-corrected chi connectivity index (χ0v) is 29.4. The van der Waals surface area contributed by atoms with Crippen molar-refractivity contribution in [3.8, 4) is 11.1 Å². The highest BCUT2D eigenvalue weighted by Crippen LogP contribution is 2.30. The molecule has 0 aliphatic carbocycles. The van der Waals surface area contributed by atoms with Crippen LogP contribution in [-0.2, 0) is 41.0 Å². The van der Waals surface area contributed by atoms with E-state index in [-0.39, 0.29) is 60.1 Å². The second-order valence-electron chi connectivity index (χ2n) is 14.3. The van der Waals surface area contributed by atoms with Crippen molar-refractivity contribution < 1.29 is 23.1 Å². The Morgan fingerprint density at radius 3 is 2.21 bits per heavy atom. The highest BCUT2D eigenvalue weighted by Gasteiger charge is 2.28. The van der Waals surface area contributed by atoms with Gasteiger partial charge in [0, 0.05) is 107 Å². The molecule has 0 N–H and O–H groups in total. The molecule has 3 aromatic heterocycles. The maximum Gasteiger partial charge on any atom is 0.259 e. The number of carbonyl (C=O) groups is 2. The second kappa shape index (κ2) is 15.6. The highest BCUT2D eigenvalue weighted by atomic mass is 19.1. The molecule has 7 rings (SSSR count). The Morgan fingerprint density at radius 2 is 1.52 bits per heavy atom. The van der Waals surface area contributed by atoms with Crippen LogP contribution in [0.2, 0.25) is 0 Å². The van der Waals surface area contributed by atoms with Gasteiger partial charge in [-0.1, -0.05) is 6.07 Å². The number of ketones is 1. The lowest BCUT2D eigenvalue weighted by Gasteiger charge is -2.37. The van der Waals surface area contributed by atoms with E-state index in [1.54, 1.807) is 47.2 Å². The number of pyridine rings is 3. The molecule has 3 aliphatic heterocycles. The zero-order valence-electron chi connectivity index (χ0n) is 29.4. The molecular weight excluding hydrogens is 670 g/mol. The molecule has 6 heterocycles. The summed E-state index contributed by atoms with van der Waals surface area (Å²) in [7, 11) is 1.61. The van der Waals surface area contributed by atoms with Gasteiger partial charge in [0.05, 0.1) is 30.6 Å². The predicted molar refractivity (Wildman–Crippen MR) is 192 cm³/mol. The Hall–Kier alpha value is -4.59. The van der Waals surface area contributed by atoms with Crippen LogP contribution >= 0.6 is 0 Å². The molecule has 3 aliphatic rings. The third kappa shape index (κ3) is 7.91. The van der Waals surface area contributed by atoms with Gasteiger partial charge in [0.25, 0.3) is 11.1 Å². The van der Waals surface area contributed by atoms with Gasteiger partial charge in [-0.2, -0.15) is 0 Å². The van der Waals surface area contributed by atoms with Gasteiger partial charge in [-0.15, -0.1) is 0 Å². The Morgan fingerprint density at radius 1 is 0.827 bits per heavy atom. The van der Waals surface area contributed by atoms with Crippen LogP contribution in [0.5, 0.6) is 0 Å². The molecule has 0 unspecified atom stereocenters. The summed E-state index contributed by atoms with van der Waals surface area (Å²) in [6.45, 7) is 5.14. The van der Waals surface area contributed by atoms with Crippen molar-refractivity contribution in [2.24, 2.45) is 7.05 Å². The van der Waals surface area contributed by atoms with Crippen molar-refractivity contribution in [2.45, 2.75) is 70.4 Å². The fraction of sp³-hybridized carbons (Fsp3) is 0.462. The number of halogens is 2. The van der Waals surface area contributed by atoms with Crippen molar-refractivity contribution in [1.82, 2.24) is 28.8 Å². The average molecular weight is 715 g/mol. The molecule has 1 aromatic carbocycles. The number of piperidine rings is 3. The van der Waals surface area contributed by atoms with E-state index in [4.69, 9.17) is 4.74 Å². The second-order valence-corrected chi connectivity index (χ2v) is 14.3. The third-order valence-electron chi connectivity index (χ3n) is 10.8. The van der Waals surface area contributed by atoms with Gasteiger partial charge in [0.1, 0.15) is 17.4 Å². The van der Waals surface area contributed by atoms with Crippen LogP contribution in [0.25, 0.3) is 21.9 Å². The van der Waals surface area contributed by atoms with E-state index in [0.29, 0.717) is 60.1 Å². The fourth-order valence-electron chi connectivity index (χ4n) is 7.68. The maximum atomic E-state index is 15.4. The van der Waals surface area contributed by atoms with Gasteiger partial charge in [0.2, 0.25) is 5.91 Å². The predicted octanol–water partition coefficient (Wildman–Crippen LogP) is 3.88. The molecular formula is C39H44F2N6O5. The largest absolute Gasteiger partial charge is 0.375 e. The first kappa shape index (κ1) is 35.8. The Bertz CT molecular complexity index is 2060. The quantitative estimate of drug-likeness (QED) is 0.228. The smallest absolute Gasteiger partial charge is 0.259 e. The summed E-state index contributed by atoms with van der Waals surface area (Å²) < 4.78 is 40.5. The van der Waals surface area contributed by atoms with Crippen LogP contribution in [-0.4, -0.2) is 92.0 Å². The van der Waals surface area contributed by atoms with Crippen LogP contribution in [0.15, 0.2) is 64.7 Å². The Kier molecular flexibility index (Phi) is 10.7. The van der Waals surface area contributed by atoms with Crippen LogP contribution in [0.1, 0.15) is 49.7 Å². The number of nitrogens with zero attached hydrogens (tertiary/aromatic N) is 6. The van der Waals surface area contributed by atoms with Gasteiger partial charge in [-0.25, -0.2) is 8.78 Å². The fourth-order valence-corrected chi connectivity index (χ4v) is 7.68. The monoisotopic (exact) mass is 714 g/mol. The molecule has 0 spiro atoms. The number of amides is 1. The summed E-state index contributed by atoms with van der Waals surface area (Å²) in [5.41, 5.74) is 1.21. The van der Waals surface area contributed by atoms with Gasteiger partial charge in [-0.05, 0) is 60.9 Å². The van der Waals surface area contributed by atoms with E-state index in [9.17, 15) is 19.2 Å². The van der Waals surface area contributed by atoms with Crippen molar-refractivity contribution in [3.63, 3.8) is 0 Å². The minimum Gasteiger partial charge on any atom is -0.375 e. The topological polar surface area (TPSA) is 110 Å². The number of carbonyl (C=O) groups excluding carboxylic acids is 2. The van der Waals surface area contributed by atoms with Gasteiger partial charge in [-0.3, -0.25) is 29.1 Å². The van der Waals surface area contributed by atoms with Gasteiger partial charge in [0.15, 0.2) is 0 Å². The molecule has 0 atom stereocenters. The molecule has 274 valence electrons. The zero-order chi connectivity index (χ0) is 36.4. The summed E-state index contributed by atoms with van der Waals surface area (Å²) in [6.07, 6.45) is 10.3. The number of likely N-dealkylation sites (tertiary alicyclic amines) is 3. The first-order valence-electron chi connectivity index (χ1n) is 18.1. The summed E-state index contributed by atoms with van der Waals surface area (Å²) in [6, 6.07) is 7.97. The molecule has 13 heteroatoms. The Balaban J connectivity index is 0.865. The number of benzene rings is 1. The minimum absolute atomic E-state index is 0.0371. The lowest BCUT2D eigenvalue weighted by Crippen LogP contribution is -2.43. The molecule has 4 aromatic rings. The molecule has 11 nitrogen and oxygen atoms in total. The van der Waals surface area contributed by atoms with E-state index in [1.807, 2.05) is 6.07 Å². The van der Waals surface area contributed by atoms with E-state index >= 15 is 8.78 Å². The van der Waals surface area contributed by atoms with Gasteiger partial charge >= 0.3 is 0 Å². The lowest BCUT2D eigenvalue weighted by atomic mass is 9.99. The minimum atomic E-state index is -0.610. The Labute approximate surface area is 300 Å². The number of ether oxygens (including phenoxy) is 1. The first-order valence-corrected chi connectivity index (χ1v) is 18.1. The van der Waals surface area contributed by atoms with Crippen molar-refractivity contribution in [3.05, 3.63) is 98.6 Å². The van der Waals surface area contributed by atoms with E-state index < -0.39 is 11.6 Å². The van der Waals surface area contributed by atoms with Crippen molar-refractivity contribution >= 4 is 22.5 Å². The van der Waals surface area contributed by atoms with Crippen molar-refractivity contribution in [1.29, 1.82) is 0 Å². The molecule has 3 fully saturated rings. The van der Waals surface area contributed by atoms with Crippen LogP contribution < -0.4 is 11.1 Å². The van der Waals surface area contributed by atoms with Crippen LogP contribution in [0.3, 0.4) is 0 Å². The number of aryl methyl sites for hydroxylation is 1. The number of Topliss-reactive ketones (excluding diaryl/α,β-unsaturated/α-hetero) is 1.